The number of hydrogen-bond donors (Lipinski definition) is 1. The second kappa shape index (κ2) is 12.1. The van der Waals surface area contributed by atoms with E-state index in [-0.39, 0.29) is 11.8 Å². The molecular weight excluding hydrogens is 638 g/mol. The predicted molar refractivity (Wildman–Crippen MR) is 188 cm³/mol. The second-order valence-corrected chi connectivity index (χ2v) is 15.2. The molecule has 262 valence electrons. The summed E-state index contributed by atoms with van der Waals surface area (Å²) < 4.78 is 18.3. The van der Waals surface area contributed by atoms with Crippen molar-refractivity contribution in [3.63, 3.8) is 0 Å². The lowest BCUT2D eigenvalue weighted by Gasteiger charge is -2.24. The average molecular weight is 682 g/mol. The number of ether oxygens (including phenoxy) is 3. The molecule has 0 unspecified atom stereocenters. The summed E-state index contributed by atoms with van der Waals surface area (Å²) in [7, 11) is 0. The summed E-state index contributed by atoms with van der Waals surface area (Å²) in [5.74, 6) is 1.15. The zero-order valence-corrected chi connectivity index (χ0v) is 29.6. The molecule has 2 aromatic heterocycles. The molecule has 2 atom stereocenters. The molecule has 1 N–H and O–H groups in total. The van der Waals surface area contributed by atoms with Gasteiger partial charge in [-0.25, -0.2) is 24.5 Å². The van der Waals surface area contributed by atoms with Crippen LogP contribution >= 0.6 is 0 Å². The second-order valence-electron chi connectivity index (χ2n) is 15.2. The van der Waals surface area contributed by atoms with Crippen molar-refractivity contribution >= 4 is 52.1 Å². The van der Waals surface area contributed by atoms with Crippen molar-refractivity contribution in [2.24, 2.45) is 0 Å². The van der Waals surface area contributed by atoms with Gasteiger partial charge in [-0.2, -0.15) is 4.68 Å². The first-order valence-corrected chi connectivity index (χ1v) is 17.0. The van der Waals surface area contributed by atoms with Crippen LogP contribution in [0.25, 0.3) is 10.9 Å². The Bertz CT molecular complexity index is 2000. The van der Waals surface area contributed by atoms with Crippen molar-refractivity contribution in [2.75, 3.05) is 41.4 Å². The molecule has 2 aliphatic heterocycles. The number of nitrogens with one attached hydrogen (secondary N) is 1. The zero-order chi connectivity index (χ0) is 35.6. The number of carbonyl (C=O) groups is 3. The quantitative estimate of drug-likeness (QED) is 0.249. The van der Waals surface area contributed by atoms with E-state index in [1.165, 1.54) is 15.9 Å². The normalized spacial score (nSPS) is 20.5. The lowest BCUT2D eigenvalue weighted by molar-refractivity contribution is -0.120. The number of hydrogen-bond acceptors (Lipinski definition) is 11. The summed E-state index contributed by atoms with van der Waals surface area (Å²) in [6, 6.07) is 13.3. The molecule has 0 bridgehead atoms. The molecule has 2 amide bonds. The van der Waals surface area contributed by atoms with Gasteiger partial charge in [-0.15, -0.1) is 5.10 Å². The van der Waals surface area contributed by atoms with Crippen LogP contribution in [-0.4, -0.2) is 75.3 Å². The number of nitrogens with zero attached hydrogens (tertiary/aromatic N) is 6. The number of fused-ring (bicyclic) bond motifs is 3. The summed E-state index contributed by atoms with van der Waals surface area (Å²) in [6.07, 6.45) is 1.57. The first-order valence-electron chi connectivity index (χ1n) is 17.0. The highest BCUT2D eigenvalue weighted by atomic mass is 16.6. The van der Waals surface area contributed by atoms with E-state index in [1.54, 1.807) is 41.5 Å². The lowest BCUT2D eigenvalue weighted by Crippen LogP contribution is -2.41. The molecule has 4 heterocycles. The fourth-order valence-electron chi connectivity index (χ4n) is 6.88. The minimum absolute atomic E-state index is 0.243. The summed E-state index contributed by atoms with van der Waals surface area (Å²) in [6.45, 7) is 15.6. The molecule has 0 radical (unpaired) electrons. The Morgan fingerprint density at radius 2 is 1.70 bits per heavy atom. The van der Waals surface area contributed by atoms with E-state index in [0.717, 1.165) is 42.0 Å². The summed E-state index contributed by atoms with van der Waals surface area (Å²) in [4.78, 5) is 53.4. The maximum atomic E-state index is 14.2. The molecule has 2 fully saturated rings. The van der Waals surface area contributed by atoms with Gasteiger partial charge in [0.15, 0.2) is 5.82 Å². The molecule has 1 saturated heterocycles. The van der Waals surface area contributed by atoms with E-state index in [0.29, 0.717) is 47.9 Å². The molecule has 13 heteroatoms. The van der Waals surface area contributed by atoms with Crippen molar-refractivity contribution < 1.29 is 28.6 Å². The van der Waals surface area contributed by atoms with Crippen LogP contribution in [-0.2, 0) is 24.4 Å². The monoisotopic (exact) mass is 681 g/mol. The molecule has 13 nitrogen and oxygen atoms in total. The van der Waals surface area contributed by atoms with E-state index in [2.05, 4.69) is 25.3 Å². The van der Waals surface area contributed by atoms with E-state index in [4.69, 9.17) is 14.2 Å². The molecule has 1 spiro atoms. The molecule has 7 rings (SSSR count). The standard InChI is InChI=1S/C37H43N7O6/c1-22-9-12-27-25(17-22)37(32(45)43(27)33(46)49-35(2,3)4)20-26(37)23-10-11-24-28(18-23)44(34(47)50-36(5,6)7)41-31(24)40-29-19-30(39-21-38-29)42-13-8-15-48-16-14-42/h9-12,17-19,21,26H,8,13-16,20H2,1-7H3,(H,38,39,40,41)/t26-,37-/m0/s1. The van der Waals surface area contributed by atoms with Crippen LogP contribution in [0.4, 0.5) is 32.7 Å². The zero-order valence-electron chi connectivity index (χ0n) is 29.6. The Hall–Kier alpha value is -5.04. The Labute approximate surface area is 290 Å². The molecule has 1 saturated carbocycles. The number of anilines is 4. The van der Waals surface area contributed by atoms with Crippen LogP contribution in [0.3, 0.4) is 0 Å². The van der Waals surface area contributed by atoms with Crippen LogP contribution < -0.4 is 15.1 Å². The van der Waals surface area contributed by atoms with Gasteiger partial charge in [-0.05, 0) is 90.6 Å². The SMILES string of the molecule is Cc1ccc2c(c1)[C@]1(C[C@H]1c1ccc3c(Nc4cc(N5CCCOCC5)ncn4)nn(C(=O)OC(C)(C)C)c3c1)C(=O)N2C(=O)OC(C)(C)C. The highest BCUT2D eigenvalue weighted by molar-refractivity contribution is 6.23. The number of amides is 2. The Morgan fingerprint density at radius 3 is 2.46 bits per heavy atom. The van der Waals surface area contributed by atoms with Crippen LogP contribution in [0, 0.1) is 6.92 Å². The van der Waals surface area contributed by atoms with Gasteiger partial charge in [0.2, 0.25) is 5.91 Å². The predicted octanol–water partition coefficient (Wildman–Crippen LogP) is 6.60. The number of imide groups is 1. The third kappa shape index (κ3) is 6.14. The smallest absolute Gasteiger partial charge is 0.435 e. The lowest BCUT2D eigenvalue weighted by atomic mass is 9.91. The van der Waals surface area contributed by atoms with Gasteiger partial charge in [-0.3, -0.25) is 4.79 Å². The average Bonchev–Trinajstić information content (AvgIpc) is 3.71. The molecule has 3 aliphatic rings. The van der Waals surface area contributed by atoms with E-state index in [1.807, 2.05) is 49.4 Å². The summed E-state index contributed by atoms with van der Waals surface area (Å²) >= 11 is 0. The maximum absolute atomic E-state index is 14.2. The van der Waals surface area contributed by atoms with Crippen molar-refractivity contribution in [3.05, 3.63) is 65.5 Å². The van der Waals surface area contributed by atoms with Crippen molar-refractivity contribution in [1.29, 1.82) is 0 Å². The number of aromatic nitrogens is 4. The molecule has 2 aromatic carbocycles. The number of rotatable bonds is 4. The molecule has 1 aliphatic carbocycles. The minimum atomic E-state index is -0.931. The first kappa shape index (κ1) is 33.5. The van der Waals surface area contributed by atoms with E-state index < -0.39 is 28.8 Å². The number of benzene rings is 2. The highest BCUT2D eigenvalue weighted by Gasteiger charge is 2.68. The van der Waals surface area contributed by atoms with Crippen LogP contribution in [0.5, 0.6) is 0 Å². The third-order valence-corrected chi connectivity index (χ3v) is 9.11. The molecule has 4 aromatic rings. The van der Waals surface area contributed by atoms with Gasteiger partial charge in [0.1, 0.15) is 29.2 Å². The Morgan fingerprint density at radius 1 is 0.940 bits per heavy atom. The first-order chi connectivity index (χ1) is 23.6. The topological polar surface area (TPSA) is 141 Å². The Balaban J connectivity index is 1.25. The fraction of sp³-hybridized carbons (Fsp3) is 0.459. The van der Waals surface area contributed by atoms with Crippen LogP contribution in [0.15, 0.2) is 48.8 Å². The van der Waals surface area contributed by atoms with Gasteiger partial charge in [-0.1, -0.05) is 23.8 Å². The van der Waals surface area contributed by atoms with Crippen LogP contribution in [0.1, 0.15) is 77.0 Å². The van der Waals surface area contributed by atoms with Gasteiger partial charge < -0.3 is 24.4 Å². The highest BCUT2D eigenvalue weighted by Crippen LogP contribution is 2.66. The molecular formula is C37H43N7O6. The van der Waals surface area contributed by atoms with Crippen LogP contribution in [0.2, 0.25) is 0 Å². The van der Waals surface area contributed by atoms with Gasteiger partial charge >= 0.3 is 12.2 Å². The van der Waals surface area contributed by atoms with Gasteiger partial charge in [0.25, 0.3) is 0 Å². The third-order valence-electron chi connectivity index (χ3n) is 9.11. The van der Waals surface area contributed by atoms with Gasteiger partial charge in [0, 0.05) is 37.1 Å². The van der Waals surface area contributed by atoms with Gasteiger partial charge in [0.05, 0.1) is 23.2 Å². The fourth-order valence-corrected chi connectivity index (χ4v) is 6.88. The summed E-state index contributed by atoms with van der Waals surface area (Å²) in [5, 5.41) is 8.63. The van der Waals surface area contributed by atoms with E-state index >= 15 is 0 Å². The Kier molecular flexibility index (Phi) is 8.08. The number of carbonyl (C=O) groups excluding carboxylic acids is 3. The van der Waals surface area contributed by atoms with E-state index in [9.17, 15) is 14.4 Å². The largest absolute Gasteiger partial charge is 0.443 e. The maximum Gasteiger partial charge on any atom is 0.435 e. The van der Waals surface area contributed by atoms with Crippen molar-refractivity contribution in [3.8, 4) is 0 Å². The number of aryl methyl sites for hydroxylation is 1. The van der Waals surface area contributed by atoms with Crippen molar-refractivity contribution in [1.82, 2.24) is 19.7 Å². The van der Waals surface area contributed by atoms with Crippen molar-refractivity contribution in [2.45, 2.75) is 83.8 Å². The molecule has 50 heavy (non-hydrogen) atoms. The summed E-state index contributed by atoms with van der Waals surface area (Å²) in [5.41, 5.74) is 1.22. The minimum Gasteiger partial charge on any atom is -0.443 e.